The second-order valence-electron chi connectivity index (χ2n) is 4.07. The average molecular weight is 253 g/mol. The lowest BCUT2D eigenvalue weighted by Crippen LogP contribution is -1.89. The zero-order valence-corrected chi connectivity index (χ0v) is 12.4. The number of hydrogen-bond donors (Lipinski definition) is 0. The van der Waals surface area contributed by atoms with Crippen molar-refractivity contribution < 1.29 is 0 Å². The molecule has 0 bridgehead atoms. The van der Waals surface area contributed by atoms with Crippen LogP contribution >= 0.6 is 0 Å². The predicted molar refractivity (Wildman–Crippen MR) is 86.1 cm³/mol. The van der Waals surface area contributed by atoms with Crippen LogP contribution in [0.5, 0.6) is 0 Å². The molecule has 0 aromatic heterocycles. The summed E-state index contributed by atoms with van der Waals surface area (Å²) in [5.74, 6) is 0. The van der Waals surface area contributed by atoms with Gasteiger partial charge in [0.25, 0.3) is 0 Å². The molecule has 0 spiro atoms. The van der Waals surface area contributed by atoms with Gasteiger partial charge in [-0.2, -0.15) is 0 Å². The Hall–Kier alpha value is -1.89. The summed E-state index contributed by atoms with van der Waals surface area (Å²) in [6.45, 7) is 8.99. The molecular weight excluding hydrogens is 230 g/mol. The van der Waals surface area contributed by atoms with E-state index in [-0.39, 0.29) is 0 Å². The minimum absolute atomic E-state index is 0.828. The van der Waals surface area contributed by atoms with E-state index in [1.54, 1.807) is 0 Å². The van der Waals surface area contributed by atoms with Crippen molar-refractivity contribution in [2.75, 3.05) is 6.54 Å². The smallest absolute Gasteiger partial charge is 0.0361 e. The summed E-state index contributed by atoms with van der Waals surface area (Å²) >= 11 is 0. The van der Waals surface area contributed by atoms with Crippen molar-refractivity contribution in [2.45, 2.75) is 27.7 Å². The topological polar surface area (TPSA) is 12.4 Å². The first-order valence-corrected chi connectivity index (χ1v) is 6.97. The molecule has 0 amide bonds. The molecule has 0 saturated carbocycles. The Bertz CT molecular complexity index is 512. The lowest BCUT2D eigenvalue weighted by atomic mass is 10.0. The summed E-state index contributed by atoms with van der Waals surface area (Å²) in [4.78, 5) is 4.31. The van der Waals surface area contributed by atoms with Gasteiger partial charge in [-0.05, 0) is 42.2 Å². The molecule has 1 heteroatoms. The summed E-state index contributed by atoms with van der Waals surface area (Å²) < 4.78 is 0. The van der Waals surface area contributed by atoms with Crippen LogP contribution in [-0.4, -0.2) is 12.8 Å². The van der Waals surface area contributed by atoms with E-state index in [4.69, 9.17) is 0 Å². The summed E-state index contributed by atoms with van der Waals surface area (Å²) in [7, 11) is 0. The van der Waals surface area contributed by atoms with E-state index in [9.17, 15) is 0 Å². The molecule has 0 aliphatic heterocycles. The maximum atomic E-state index is 4.31. The van der Waals surface area contributed by atoms with Crippen molar-refractivity contribution in [3.05, 3.63) is 59.7 Å². The molecule has 0 unspecified atom stereocenters. The molecule has 0 radical (unpaired) electrons. The van der Waals surface area contributed by atoms with Gasteiger partial charge in [-0.25, -0.2) is 0 Å². The third-order valence-electron chi connectivity index (χ3n) is 2.80. The quantitative estimate of drug-likeness (QED) is 0.673. The van der Waals surface area contributed by atoms with Crippen molar-refractivity contribution in [1.29, 1.82) is 0 Å². The molecule has 19 heavy (non-hydrogen) atoms. The Morgan fingerprint density at radius 1 is 0.947 bits per heavy atom. The van der Waals surface area contributed by atoms with E-state index in [2.05, 4.69) is 54.4 Å². The molecule has 0 aliphatic carbocycles. The molecule has 0 saturated heterocycles. The predicted octanol–water partition coefficient (Wildman–Crippen LogP) is 5.13. The van der Waals surface area contributed by atoms with Gasteiger partial charge in [0.2, 0.25) is 0 Å². The summed E-state index contributed by atoms with van der Waals surface area (Å²) in [5, 5.41) is 0. The fourth-order valence-corrected chi connectivity index (χ4v) is 1.78. The first kappa shape index (κ1) is 15.2. The van der Waals surface area contributed by atoms with Crippen LogP contribution in [0.4, 0.5) is 0 Å². The third kappa shape index (κ3) is 4.36. The number of nitrogens with zero attached hydrogens (tertiary/aromatic N) is 1. The van der Waals surface area contributed by atoms with Gasteiger partial charge < -0.3 is 0 Å². The fourth-order valence-electron chi connectivity index (χ4n) is 1.78. The summed E-state index contributed by atoms with van der Waals surface area (Å²) in [6, 6.07) is 16.9. The van der Waals surface area contributed by atoms with Crippen molar-refractivity contribution in [2.24, 2.45) is 4.99 Å². The normalized spacial score (nSPS) is 10.1. The number of hydrogen-bond acceptors (Lipinski definition) is 1. The fraction of sp³-hybridized carbons (Fsp3) is 0.278. The van der Waals surface area contributed by atoms with Gasteiger partial charge >= 0.3 is 0 Å². The van der Waals surface area contributed by atoms with E-state index in [0.29, 0.717) is 0 Å². The van der Waals surface area contributed by atoms with Gasteiger partial charge in [-0.3, -0.25) is 4.99 Å². The molecular formula is C18H23N. The molecule has 1 nitrogen and oxygen atoms in total. The molecule has 0 heterocycles. The van der Waals surface area contributed by atoms with E-state index in [0.717, 1.165) is 6.54 Å². The Labute approximate surface area is 117 Å². The number of rotatable bonds is 3. The zero-order valence-electron chi connectivity index (χ0n) is 12.4. The Morgan fingerprint density at radius 3 is 2.26 bits per heavy atom. The molecule has 0 N–H and O–H groups in total. The first-order chi connectivity index (χ1) is 9.31. The summed E-state index contributed by atoms with van der Waals surface area (Å²) in [5.41, 5.74) is 4.96. The first-order valence-electron chi connectivity index (χ1n) is 6.97. The SMILES string of the molecule is CC.CCN=Cc1cc(-c2ccccc2)ccc1C. The van der Waals surface area contributed by atoms with Gasteiger partial charge in [0.15, 0.2) is 0 Å². The standard InChI is InChI=1S/C16H17N.C2H6/c1-3-17-12-16-11-15(10-9-13(16)2)14-7-5-4-6-8-14;1-2/h4-12H,3H2,1-2H3;1-2H3. The van der Waals surface area contributed by atoms with Crippen molar-refractivity contribution in [3.63, 3.8) is 0 Å². The number of benzene rings is 2. The van der Waals surface area contributed by atoms with Crippen LogP contribution in [0, 0.1) is 6.92 Å². The van der Waals surface area contributed by atoms with Gasteiger partial charge in [0.1, 0.15) is 0 Å². The second kappa shape index (κ2) is 8.25. The van der Waals surface area contributed by atoms with Crippen molar-refractivity contribution >= 4 is 6.21 Å². The van der Waals surface area contributed by atoms with Crippen LogP contribution in [0.15, 0.2) is 53.5 Å². The molecule has 0 fully saturated rings. The molecule has 2 aromatic carbocycles. The number of aliphatic imine (C=N–C) groups is 1. The maximum Gasteiger partial charge on any atom is 0.0361 e. The molecule has 0 aliphatic rings. The monoisotopic (exact) mass is 253 g/mol. The van der Waals surface area contributed by atoms with Gasteiger partial charge in [0, 0.05) is 12.8 Å². The molecule has 0 atom stereocenters. The minimum Gasteiger partial charge on any atom is -0.293 e. The van der Waals surface area contributed by atoms with Crippen LogP contribution in [0.25, 0.3) is 11.1 Å². The van der Waals surface area contributed by atoms with Gasteiger partial charge in [0.05, 0.1) is 0 Å². The van der Waals surface area contributed by atoms with Crippen LogP contribution in [0.3, 0.4) is 0 Å². The van der Waals surface area contributed by atoms with Crippen LogP contribution in [0.2, 0.25) is 0 Å². The van der Waals surface area contributed by atoms with E-state index >= 15 is 0 Å². The third-order valence-corrected chi connectivity index (χ3v) is 2.80. The molecule has 100 valence electrons. The highest BCUT2D eigenvalue weighted by Gasteiger charge is 2.00. The van der Waals surface area contributed by atoms with E-state index < -0.39 is 0 Å². The number of aryl methyl sites for hydroxylation is 1. The van der Waals surface area contributed by atoms with Crippen molar-refractivity contribution in [1.82, 2.24) is 0 Å². The van der Waals surface area contributed by atoms with E-state index in [1.165, 1.54) is 22.3 Å². The highest BCUT2D eigenvalue weighted by Crippen LogP contribution is 2.21. The second-order valence-corrected chi connectivity index (χ2v) is 4.07. The van der Waals surface area contributed by atoms with Crippen LogP contribution in [0.1, 0.15) is 31.9 Å². The lowest BCUT2D eigenvalue weighted by Gasteiger charge is -2.05. The zero-order chi connectivity index (χ0) is 14.1. The Morgan fingerprint density at radius 2 is 1.63 bits per heavy atom. The Kier molecular flexibility index (Phi) is 6.59. The maximum absolute atomic E-state index is 4.31. The summed E-state index contributed by atoms with van der Waals surface area (Å²) in [6.07, 6.45) is 1.96. The molecule has 2 rings (SSSR count). The van der Waals surface area contributed by atoms with Crippen molar-refractivity contribution in [3.8, 4) is 11.1 Å². The highest BCUT2D eigenvalue weighted by molar-refractivity contribution is 5.84. The lowest BCUT2D eigenvalue weighted by molar-refractivity contribution is 1.14. The average Bonchev–Trinajstić information content (AvgIpc) is 2.49. The van der Waals surface area contributed by atoms with E-state index in [1.807, 2.05) is 33.1 Å². The highest BCUT2D eigenvalue weighted by atomic mass is 14.7. The van der Waals surface area contributed by atoms with Crippen LogP contribution in [-0.2, 0) is 0 Å². The van der Waals surface area contributed by atoms with Gasteiger partial charge in [-0.15, -0.1) is 0 Å². The Balaban J connectivity index is 0.000000861. The largest absolute Gasteiger partial charge is 0.293 e. The molecule has 2 aromatic rings. The minimum atomic E-state index is 0.828. The van der Waals surface area contributed by atoms with Gasteiger partial charge in [-0.1, -0.05) is 56.3 Å². The van der Waals surface area contributed by atoms with Crippen LogP contribution < -0.4 is 0 Å².